The smallest absolute Gasteiger partial charge is 0.0909 e. The Hall–Kier alpha value is -1.24. The van der Waals surface area contributed by atoms with Crippen molar-refractivity contribution in [2.75, 3.05) is 0 Å². The lowest BCUT2D eigenvalue weighted by atomic mass is 9.93. The van der Waals surface area contributed by atoms with Gasteiger partial charge in [0.05, 0.1) is 0 Å². The van der Waals surface area contributed by atoms with Crippen LogP contribution in [0.15, 0.2) is 48.0 Å². The lowest BCUT2D eigenvalue weighted by molar-refractivity contribution is 1.02. The fourth-order valence-electron chi connectivity index (χ4n) is 2.83. The highest BCUT2D eigenvalue weighted by molar-refractivity contribution is 6.50. The van der Waals surface area contributed by atoms with Gasteiger partial charge in [-0.3, -0.25) is 0 Å². The highest BCUT2D eigenvalue weighted by Gasteiger charge is 2.33. The van der Waals surface area contributed by atoms with Gasteiger partial charge in [0.2, 0.25) is 0 Å². The summed E-state index contributed by atoms with van der Waals surface area (Å²) < 4.78 is -1.01. The maximum Gasteiger partial charge on any atom is 0.168 e. The van der Waals surface area contributed by atoms with Crippen LogP contribution in [0.25, 0.3) is 6.08 Å². The second-order valence-corrected chi connectivity index (χ2v) is 6.76. The van der Waals surface area contributed by atoms with Gasteiger partial charge in [0, 0.05) is 0 Å². The van der Waals surface area contributed by atoms with Crippen LogP contribution in [0.3, 0.4) is 0 Å². The van der Waals surface area contributed by atoms with Crippen LogP contribution in [0.5, 0.6) is 0 Å². The van der Waals surface area contributed by atoms with Crippen molar-refractivity contribution in [3.05, 3.63) is 75.9 Å². The average molecular weight is 303 g/mol. The molecule has 0 aromatic heterocycles. The van der Waals surface area contributed by atoms with Crippen molar-refractivity contribution in [2.45, 2.75) is 24.6 Å². The normalized spacial score (nSPS) is 14.1. The van der Waals surface area contributed by atoms with Gasteiger partial charge in [0.25, 0.3) is 0 Å². The summed E-state index contributed by atoms with van der Waals surface area (Å²) in [6.45, 7) is 4.29. The minimum atomic E-state index is -1.01. The molecule has 0 heterocycles. The van der Waals surface area contributed by atoms with Crippen LogP contribution in [0.1, 0.15) is 34.7 Å². The summed E-state index contributed by atoms with van der Waals surface area (Å²) >= 11 is 13.4. The van der Waals surface area contributed by atoms with Crippen LogP contribution >= 0.6 is 23.2 Å². The first kappa shape index (κ1) is 13.7. The van der Waals surface area contributed by atoms with Gasteiger partial charge in [0.1, 0.15) is 0 Å². The quantitative estimate of drug-likeness (QED) is 0.630. The highest BCUT2D eigenvalue weighted by Crippen LogP contribution is 2.45. The lowest BCUT2D eigenvalue weighted by Gasteiger charge is -2.24. The van der Waals surface area contributed by atoms with E-state index in [0.29, 0.717) is 0 Å². The molecule has 1 aliphatic carbocycles. The largest absolute Gasteiger partial charge is 0.168 e. The van der Waals surface area contributed by atoms with Crippen molar-refractivity contribution in [2.24, 2.45) is 0 Å². The summed E-state index contributed by atoms with van der Waals surface area (Å²) in [4.78, 5) is 0. The summed E-state index contributed by atoms with van der Waals surface area (Å²) in [6.07, 6.45) is 3.20. The molecule has 0 fully saturated rings. The van der Waals surface area contributed by atoms with Crippen LogP contribution in [0.4, 0.5) is 0 Å². The van der Waals surface area contributed by atoms with Crippen molar-refractivity contribution < 1.29 is 0 Å². The number of hydrogen-bond acceptors (Lipinski definition) is 0. The van der Waals surface area contributed by atoms with Crippen molar-refractivity contribution in [3.63, 3.8) is 0 Å². The monoisotopic (exact) mass is 302 g/mol. The topological polar surface area (TPSA) is 0 Å². The van der Waals surface area contributed by atoms with Crippen LogP contribution < -0.4 is 0 Å². The lowest BCUT2D eigenvalue weighted by Crippen LogP contribution is -2.14. The molecule has 0 amide bonds. The van der Waals surface area contributed by atoms with Gasteiger partial charge >= 0.3 is 0 Å². The summed E-state index contributed by atoms with van der Waals surface area (Å²) in [5.74, 6) is 0. The van der Waals surface area contributed by atoms with Crippen molar-refractivity contribution >= 4 is 29.3 Å². The second kappa shape index (κ2) is 4.95. The molecule has 0 bridgehead atoms. The molecule has 0 N–H and O–H groups in total. The van der Waals surface area contributed by atoms with E-state index >= 15 is 0 Å². The van der Waals surface area contributed by atoms with E-state index in [-0.39, 0.29) is 0 Å². The molecule has 3 rings (SSSR count). The first-order valence-corrected chi connectivity index (χ1v) is 7.49. The Bertz CT molecular complexity index is 682. The minimum Gasteiger partial charge on any atom is -0.0909 e. The third-order valence-corrected chi connectivity index (χ3v) is 4.76. The zero-order valence-electron chi connectivity index (χ0n) is 11.6. The van der Waals surface area contributed by atoms with Crippen LogP contribution in [-0.4, -0.2) is 0 Å². The molecule has 20 heavy (non-hydrogen) atoms. The van der Waals surface area contributed by atoms with Gasteiger partial charge < -0.3 is 0 Å². The Labute approximate surface area is 130 Å². The van der Waals surface area contributed by atoms with E-state index in [1.807, 2.05) is 30.3 Å². The van der Waals surface area contributed by atoms with E-state index in [0.717, 1.165) is 17.5 Å². The molecule has 0 aliphatic heterocycles. The van der Waals surface area contributed by atoms with Crippen molar-refractivity contribution in [3.8, 4) is 0 Å². The number of hydrogen-bond donors (Lipinski definition) is 0. The molecule has 0 saturated heterocycles. The maximum absolute atomic E-state index is 6.71. The molecule has 2 aromatic rings. The van der Waals surface area contributed by atoms with Gasteiger partial charge in [0.15, 0.2) is 4.33 Å². The van der Waals surface area contributed by atoms with Crippen LogP contribution in [0, 0.1) is 6.92 Å². The number of rotatable bonds is 2. The summed E-state index contributed by atoms with van der Waals surface area (Å²) in [7, 11) is 0. The number of fused-ring (bicyclic) bond motifs is 1. The standard InChI is InChI=1S/C18H16Cl2/c1-12-10-15-13(2)8-9-17(16(15)11-12)18(19,20)14-6-4-3-5-7-14/h3-9,11H,10H2,1-2H3. The Morgan fingerprint density at radius 3 is 2.35 bits per heavy atom. The first-order chi connectivity index (χ1) is 9.50. The molecule has 0 nitrogen and oxygen atoms in total. The molecule has 2 aromatic carbocycles. The third kappa shape index (κ3) is 2.17. The molecule has 0 atom stereocenters. The molecule has 0 unspecified atom stereocenters. The van der Waals surface area contributed by atoms with Gasteiger partial charge in [-0.1, -0.05) is 77.3 Å². The van der Waals surface area contributed by atoms with Crippen LogP contribution in [-0.2, 0) is 10.8 Å². The fourth-order valence-corrected chi connectivity index (χ4v) is 3.41. The van der Waals surface area contributed by atoms with E-state index in [2.05, 4.69) is 32.1 Å². The number of allylic oxidation sites excluding steroid dienone is 1. The van der Waals surface area contributed by atoms with Crippen LogP contribution in [0.2, 0.25) is 0 Å². The summed E-state index contributed by atoms with van der Waals surface area (Å²) in [5.41, 5.74) is 7.08. The minimum absolute atomic E-state index is 0.910. The Morgan fingerprint density at radius 2 is 1.65 bits per heavy atom. The summed E-state index contributed by atoms with van der Waals surface area (Å²) in [5, 5.41) is 0. The number of aryl methyl sites for hydroxylation is 1. The van der Waals surface area contributed by atoms with E-state index < -0.39 is 4.33 Å². The first-order valence-electron chi connectivity index (χ1n) is 6.73. The molecular weight excluding hydrogens is 287 g/mol. The zero-order valence-corrected chi connectivity index (χ0v) is 13.1. The molecule has 0 saturated carbocycles. The molecule has 1 aliphatic rings. The van der Waals surface area contributed by atoms with E-state index in [1.165, 1.54) is 22.3 Å². The molecule has 102 valence electrons. The van der Waals surface area contributed by atoms with Gasteiger partial charge in [-0.15, -0.1) is 0 Å². The zero-order chi connectivity index (χ0) is 14.3. The highest BCUT2D eigenvalue weighted by atomic mass is 35.5. The number of halogens is 2. The average Bonchev–Trinajstić information content (AvgIpc) is 2.82. The SMILES string of the molecule is CC1=Cc2c(C(Cl)(Cl)c3ccccc3)ccc(C)c2C1. The van der Waals surface area contributed by atoms with Gasteiger partial charge in [-0.2, -0.15) is 0 Å². The second-order valence-electron chi connectivity index (χ2n) is 5.43. The van der Waals surface area contributed by atoms with E-state index in [4.69, 9.17) is 23.2 Å². The number of benzene rings is 2. The molecule has 2 heteroatoms. The Balaban J connectivity index is 2.19. The molecule has 0 spiro atoms. The molecule has 0 radical (unpaired) electrons. The molecular formula is C18H16Cl2. The third-order valence-electron chi connectivity index (χ3n) is 3.91. The Kier molecular flexibility index (Phi) is 3.40. The van der Waals surface area contributed by atoms with Crippen molar-refractivity contribution in [1.29, 1.82) is 0 Å². The van der Waals surface area contributed by atoms with Gasteiger partial charge in [-0.25, -0.2) is 0 Å². The fraction of sp³-hybridized carbons (Fsp3) is 0.222. The predicted octanol–water partition coefficient (Wildman–Crippen LogP) is 5.63. The predicted molar refractivity (Wildman–Crippen MR) is 87.5 cm³/mol. The van der Waals surface area contributed by atoms with Crippen molar-refractivity contribution in [1.82, 2.24) is 0 Å². The number of alkyl halides is 2. The Morgan fingerprint density at radius 1 is 0.950 bits per heavy atom. The van der Waals surface area contributed by atoms with E-state index in [9.17, 15) is 0 Å². The summed E-state index contributed by atoms with van der Waals surface area (Å²) in [6, 6.07) is 14.0. The van der Waals surface area contributed by atoms with E-state index in [1.54, 1.807) is 0 Å². The van der Waals surface area contributed by atoms with Gasteiger partial charge in [-0.05, 0) is 48.1 Å². The maximum atomic E-state index is 6.71.